The maximum absolute atomic E-state index is 13.0. The Bertz CT molecular complexity index is 962. The van der Waals surface area contributed by atoms with Gasteiger partial charge in [0.2, 0.25) is 11.8 Å². The molecule has 2 fully saturated rings. The molecule has 0 aromatic heterocycles. The number of fused-ring (bicyclic) bond motifs is 5. The van der Waals surface area contributed by atoms with Crippen molar-refractivity contribution >= 4 is 52.6 Å². The Morgan fingerprint density at radius 3 is 2.26 bits per heavy atom. The average Bonchev–Trinajstić information content (AvgIpc) is 3.39. The smallest absolute Gasteiger partial charge is 0.330 e. The molecular weight excluding hydrogens is 443 g/mol. The quantitative estimate of drug-likeness (QED) is 0.396. The fourth-order valence-corrected chi connectivity index (χ4v) is 5.17. The van der Waals surface area contributed by atoms with Gasteiger partial charge in [-0.1, -0.05) is 49.2 Å². The van der Waals surface area contributed by atoms with Crippen LogP contribution in [0.3, 0.4) is 0 Å². The van der Waals surface area contributed by atoms with E-state index >= 15 is 0 Å². The van der Waals surface area contributed by atoms with Crippen LogP contribution in [0.1, 0.15) is 20.3 Å². The zero-order valence-electron chi connectivity index (χ0n) is 17.0. The van der Waals surface area contributed by atoms with Crippen molar-refractivity contribution in [1.29, 1.82) is 0 Å². The second-order valence-corrected chi connectivity index (χ2v) is 9.33. The van der Waals surface area contributed by atoms with E-state index in [1.807, 2.05) is 12.2 Å². The van der Waals surface area contributed by atoms with Crippen LogP contribution in [0, 0.1) is 29.6 Å². The molecule has 9 heteroatoms. The summed E-state index contributed by atoms with van der Waals surface area (Å²) in [6, 6.07) is 3.50. The summed E-state index contributed by atoms with van der Waals surface area (Å²) in [5, 5.41) is 3.18. The van der Waals surface area contributed by atoms with Gasteiger partial charge in [-0.25, -0.2) is 4.79 Å². The number of nitrogens with zero attached hydrogens (tertiary/aromatic N) is 1. The molecule has 1 aliphatic heterocycles. The zero-order valence-corrected chi connectivity index (χ0v) is 18.5. The van der Waals surface area contributed by atoms with Gasteiger partial charge < -0.3 is 10.1 Å². The van der Waals surface area contributed by atoms with Crippen molar-refractivity contribution in [1.82, 2.24) is 4.90 Å². The summed E-state index contributed by atoms with van der Waals surface area (Å²) in [6.07, 6.45) is 4.81. The molecular formula is C22H22Cl2N2O5. The van der Waals surface area contributed by atoms with E-state index in [-0.39, 0.29) is 34.6 Å². The number of carbonyl (C=O) groups is 4. The van der Waals surface area contributed by atoms with Crippen LogP contribution >= 0.6 is 23.2 Å². The number of benzene rings is 1. The van der Waals surface area contributed by atoms with Crippen molar-refractivity contribution in [3.63, 3.8) is 0 Å². The highest BCUT2D eigenvalue weighted by Gasteiger charge is 2.61. The number of hydrogen-bond donors (Lipinski definition) is 1. The number of nitrogens with one attached hydrogen (secondary N) is 1. The number of anilines is 1. The fraction of sp³-hybridized carbons (Fsp3) is 0.455. The van der Waals surface area contributed by atoms with E-state index in [0.717, 1.165) is 11.3 Å². The molecule has 1 aromatic rings. The Morgan fingerprint density at radius 1 is 1.10 bits per heavy atom. The third kappa shape index (κ3) is 3.85. The minimum absolute atomic E-state index is 0.0530. The highest BCUT2D eigenvalue weighted by molar-refractivity contribution is 6.42. The summed E-state index contributed by atoms with van der Waals surface area (Å²) in [7, 11) is 0. The molecule has 3 amide bonds. The lowest BCUT2D eigenvalue weighted by molar-refractivity contribution is -0.162. The largest absolute Gasteiger partial charge is 0.454 e. The van der Waals surface area contributed by atoms with Gasteiger partial charge in [0, 0.05) is 5.69 Å². The Hall–Kier alpha value is -2.38. The van der Waals surface area contributed by atoms with Gasteiger partial charge in [-0.3, -0.25) is 19.3 Å². The van der Waals surface area contributed by atoms with E-state index in [9.17, 15) is 19.2 Å². The summed E-state index contributed by atoms with van der Waals surface area (Å²) >= 11 is 11.8. The number of allylic oxidation sites excluding steroid dienone is 2. The van der Waals surface area contributed by atoms with Gasteiger partial charge in [-0.2, -0.15) is 0 Å². The van der Waals surface area contributed by atoms with Crippen LogP contribution in [0.4, 0.5) is 5.69 Å². The number of likely N-dealkylation sites (tertiary alicyclic amines) is 1. The predicted octanol–water partition coefficient (Wildman–Crippen LogP) is 3.31. The Kier molecular flexibility index (Phi) is 5.83. The van der Waals surface area contributed by atoms with E-state index in [4.69, 9.17) is 27.9 Å². The minimum atomic E-state index is -1.07. The first-order chi connectivity index (χ1) is 14.7. The van der Waals surface area contributed by atoms with Crippen LogP contribution in [0.5, 0.6) is 0 Å². The minimum Gasteiger partial charge on any atom is -0.454 e. The number of halogens is 2. The van der Waals surface area contributed by atoms with Crippen LogP contribution in [0.25, 0.3) is 0 Å². The fourth-order valence-electron chi connectivity index (χ4n) is 4.87. The summed E-state index contributed by atoms with van der Waals surface area (Å²) in [6.45, 7) is 2.92. The molecule has 164 valence electrons. The van der Waals surface area contributed by atoms with Crippen LogP contribution in [-0.4, -0.2) is 41.2 Å². The van der Waals surface area contributed by atoms with Crippen molar-refractivity contribution in [3.05, 3.63) is 40.4 Å². The Labute approximate surface area is 189 Å². The highest BCUT2D eigenvalue weighted by atomic mass is 35.5. The molecule has 1 heterocycles. The maximum Gasteiger partial charge on any atom is 0.330 e. The monoisotopic (exact) mass is 464 g/mol. The lowest BCUT2D eigenvalue weighted by Crippen LogP contribution is -2.50. The number of amides is 3. The third-order valence-electron chi connectivity index (χ3n) is 6.20. The molecule has 0 spiro atoms. The number of esters is 1. The first-order valence-corrected chi connectivity index (χ1v) is 10.9. The second-order valence-electron chi connectivity index (χ2n) is 8.52. The topological polar surface area (TPSA) is 92.8 Å². The van der Waals surface area contributed by atoms with Gasteiger partial charge in [0.1, 0.15) is 6.04 Å². The van der Waals surface area contributed by atoms with E-state index in [0.29, 0.717) is 10.7 Å². The predicted molar refractivity (Wildman–Crippen MR) is 114 cm³/mol. The van der Waals surface area contributed by atoms with Crippen molar-refractivity contribution in [2.75, 3.05) is 11.9 Å². The molecule has 3 aliphatic rings. The molecule has 0 radical (unpaired) electrons. The number of carbonyl (C=O) groups excluding carboxylic acids is 4. The molecule has 1 aromatic carbocycles. The standard InChI is InChI=1S/C22H22Cl2N2O5/c1-10(2)19(26-20(28)17-11-3-4-12(7-11)18(17)21(26)29)22(30)31-9-16(27)25-13-5-6-14(23)15(24)8-13/h3-6,8,10-12,17-19H,7,9H2,1-2H3,(H,25,27)/t11-,12-,17+,18+,19+/m0/s1. The van der Waals surface area contributed by atoms with Crippen LogP contribution < -0.4 is 5.32 Å². The molecule has 2 bridgehead atoms. The van der Waals surface area contributed by atoms with Crippen molar-refractivity contribution in [2.45, 2.75) is 26.3 Å². The van der Waals surface area contributed by atoms with Crippen molar-refractivity contribution in [2.24, 2.45) is 29.6 Å². The molecule has 1 N–H and O–H groups in total. The maximum atomic E-state index is 13.0. The normalized spacial score (nSPS) is 27.1. The van der Waals surface area contributed by atoms with Gasteiger partial charge in [0.05, 0.1) is 21.9 Å². The van der Waals surface area contributed by atoms with Gasteiger partial charge in [-0.05, 0) is 42.4 Å². The molecule has 1 saturated carbocycles. The number of hydrogen-bond acceptors (Lipinski definition) is 5. The van der Waals surface area contributed by atoms with E-state index in [1.165, 1.54) is 12.1 Å². The number of rotatable bonds is 6. The summed E-state index contributed by atoms with van der Waals surface area (Å²) in [5.74, 6) is -3.03. The van der Waals surface area contributed by atoms with Gasteiger partial charge >= 0.3 is 5.97 Å². The first-order valence-electron chi connectivity index (χ1n) is 10.2. The molecule has 5 atom stereocenters. The summed E-state index contributed by atoms with van der Waals surface area (Å²) in [4.78, 5) is 52.2. The Balaban J connectivity index is 1.41. The molecule has 4 rings (SSSR count). The van der Waals surface area contributed by atoms with Crippen molar-refractivity contribution in [3.8, 4) is 0 Å². The molecule has 1 saturated heterocycles. The van der Waals surface area contributed by atoms with Crippen LogP contribution in [0.15, 0.2) is 30.4 Å². The zero-order chi connectivity index (χ0) is 22.4. The van der Waals surface area contributed by atoms with E-state index in [2.05, 4.69) is 5.32 Å². The average molecular weight is 465 g/mol. The third-order valence-corrected chi connectivity index (χ3v) is 6.94. The summed E-state index contributed by atoms with van der Waals surface area (Å²) < 4.78 is 5.18. The Morgan fingerprint density at radius 2 is 1.71 bits per heavy atom. The lowest BCUT2D eigenvalue weighted by atomic mass is 9.85. The van der Waals surface area contributed by atoms with Gasteiger partial charge in [0.25, 0.3) is 5.91 Å². The molecule has 31 heavy (non-hydrogen) atoms. The SMILES string of the molecule is CC(C)[C@H](C(=O)OCC(=O)Nc1ccc(Cl)c(Cl)c1)N1C(=O)[C@H]2[C@H](C1=O)[C@H]1C=C[C@H]2C1. The van der Waals surface area contributed by atoms with Crippen LogP contribution in [0.2, 0.25) is 10.0 Å². The number of imide groups is 1. The molecule has 2 aliphatic carbocycles. The molecule has 0 unspecified atom stereocenters. The molecule has 7 nitrogen and oxygen atoms in total. The number of ether oxygens (including phenoxy) is 1. The van der Waals surface area contributed by atoms with Crippen molar-refractivity contribution < 1.29 is 23.9 Å². The summed E-state index contributed by atoms with van der Waals surface area (Å²) in [5.41, 5.74) is 0.400. The highest BCUT2D eigenvalue weighted by Crippen LogP contribution is 2.53. The second kappa shape index (κ2) is 8.28. The van der Waals surface area contributed by atoms with Gasteiger partial charge in [-0.15, -0.1) is 0 Å². The lowest BCUT2D eigenvalue weighted by Gasteiger charge is -2.28. The van der Waals surface area contributed by atoms with E-state index < -0.39 is 36.4 Å². The van der Waals surface area contributed by atoms with Crippen LogP contribution in [-0.2, 0) is 23.9 Å². The van der Waals surface area contributed by atoms with Gasteiger partial charge in [0.15, 0.2) is 6.61 Å². The van der Waals surface area contributed by atoms with E-state index in [1.54, 1.807) is 19.9 Å². The first kappa shape index (κ1) is 21.8.